The lowest BCUT2D eigenvalue weighted by molar-refractivity contribution is -0.101. The SMILES string of the molecule is O=C(N1CC2(CC(n3cnc(C4CC4)n3)C2)C1)N1CC2(C1)CN(S(=O)(=O)c1cccnc1Cl)C2. The lowest BCUT2D eigenvalue weighted by atomic mass is 9.60. The van der Waals surface area contributed by atoms with Crippen molar-refractivity contribution >= 4 is 27.7 Å². The number of hydrogen-bond donors (Lipinski definition) is 0. The summed E-state index contributed by atoms with van der Waals surface area (Å²) in [4.78, 5) is 25.1. The Balaban J connectivity index is 0.890. The third-order valence-electron chi connectivity index (χ3n) is 8.19. The fourth-order valence-electron chi connectivity index (χ4n) is 6.15. The predicted molar refractivity (Wildman–Crippen MR) is 122 cm³/mol. The molecule has 3 aliphatic heterocycles. The van der Waals surface area contributed by atoms with Gasteiger partial charge in [0.05, 0.1) is 6.04 Å². The number of nitrogens with zero attached hydrogens (tertiary/aromatic N) is 7. The number of carbonyl (C=O) groups excluding carboxylic acids is 1. The molecule has 2 amide bonds. The van der Waals surface area contributed by atoms with E-state index in [4.69, 9.17) is 11.6 Å². The van der Waals surface area contributed by atoms with Crippen LogP contribution in [0, 0.1) is 10.8 Å². The monoisotopic (exact) mass is 503 g/mol. The van der Waals surface area contributed by atoms with Crippen molar-refractivity contribution in [2.45, 2.75) is 42.5 Å². The maximum atomic E-state index is 12.9. The highest BCUT2D eigenvalue weighted by Crippen LogP contribution is 2.54. The van der Waals surface area contributed by atoms with Crippen LogP contribution in [0.5, 0.6) is 0 Å². The Labute approximate surface area is 202 Å². The van der Waals surface area contributed by atoms with Crippen molar-refractivity contribution in [3.8, 4) is 0 Å². The molecule has 7 rings (SSSR count). The molecule has 10 nitrogen and oxygen atoms in total. The maximum absolute atomic E-state index is 12.9. The first kappa shape index (κ1) is 21.1. The van der Waals surface area contributed by atoms with Crippen LogP contribution in [0.2, 0.25) is 5.15 Å². The van der Waals surface area contributed by atoms with E-state index in [2.05, 4.69) is 15.1 Å². The maximum Gasteiger partial charge on any atom is 0.320 e. The van der Waals surface area contributed by atoms with Gasteiger partial charge in [-0.2, -0.15) is 9.40 Å². The average molecular weight is 504 g/mol. The van der Waals surface area contributed by atoms with E-state index in [1.165, 1.54) is 29.4 Å². The van der Waals surface area contributed by atoms with Gasteiger partial charge in [0.2, 0.25) is 10.0 Å². The molecular weight excluding hydrogens is 478 g/mol. The van der Waals surface area contributed by atoms with Crippen molar-refractivity contribution in [3.63, 3.8) is 0 Å². The second-order valence-corrected chi connectivity index (χ2v) is 13.2. The number of amides is 2. The molecule has 2 saturated carbocycles. The van der Waals surface area contributed by atoms with Crippen LogP contribution in [-0.4, -0.2) is 87.6 Å². The Morgan fingerprint density at radius 3 is 2.32 bits per heavy atom. The minimum absolute atomic E-state index is 0.00835. The van der Waals surface area contributed by atoms with Crippen molar-refractivity contribution in [2.75, 3.05) is 39.3 Å². The number of sulfonamides is 1. The van der Waals surface area contributed by atoms with Crippen LogP contribution in [0.4, 0.5) is 4.79 Å². The van der Waals surface area contributed by atoms with Crippen LogP contribution in [0.15, 0.2) is 29.6 Å². The van der Waals surface area contributed by atoms with E-state index < -0.39 is 10.0 Å². The van der Waals surface area contributed by atoms with Crippen molar-refractivity contribution < 1.29 is 13.2 Å². The summed E-state index contributed by atoms with van der Waals surface area (Å²) in [6, 6.07) is 3.53. The third-order valence-corrected chi connectivity index (χ3v) is 10.4. The third kappa shape index (κ3) is 3.12. The molecule has 2 aromatic rings. The quantitative estimate of drug-likeness (QED) is 0.591. The normalized spacial score (nSPS) is 25.6. The Morgan fingerprint density at radius 2 is 1.68 bits per heavy atom. The molecule has 0 radical (unpaired) electrons. The Kier molecular flexibility index (Phi) is 4.29. The Morgan fingerprint density at radius 1 is 1.00 bits per heavy atom. The van der Waals surface area contributed by atoms with Crippen molar-refractivity contribution in [1.82, 2.24) is 33.9 Å². The van der Waals surface area contributed by atoms with E-state index in [0.29, 0.717) is 38.1 Å². The van der Waals surface area contributed by atoms with E-state index in [0.717, 1.165) is 31.8 Å². The lowest BCUT2D eigenvalue weighted by Gasteiger charge is -2.63. The first-order valence-electron chi connectivity index (χ1n) is 11.8. The van der Waals surface area contributed by atoms with Crippen LogP contribution >= 0.6 is 11.6 Å². The van der Waals surface area contributed by atoms with Gasteiger partial charge in [-0.3, -0.25) is 0 Å². The predicted octanol–water partition coefficient (Wildman–Crippen LogP) is 1.97. The smallest absolute Gasteiger partial charge is 0.320 e. The number of hydrogen-bond acceptors (Lipinski definition) is 6. The summed E-state index contributed by atoms with van der Waals surface area (Å²) in [5.74, 6) is 1.56. The molecule has 12 heteroatoms. The number of pyridine rings is 1. The molecule has 0 atom stereocenters. The van der Waals surface area contributed by atoms with Gasteiger partial charge in [-0.05, 0) is 37.8 Å². The first-order chi connectivity index (χ1) is 16.3. The molecule has 180 valence electrons. The van der Waals surface area contributed by atoms with E-state index in [1.807, 2.05) is 20.8 Å². The zero-order valence-electron chi connectivity index (χ0n) is 18.7. The van der Waals surface area contributed by atoms with Gasteiger partial charge in [0.15, 0.2) is 5.82 Å². The van der Waals surface area contributed by atoms with E-state index in [1.54, 1.807) is 6.07 Å². The van der Waals surface area contributed by atoms with Crippen molar-refractivity contribution in [1.29, 1.82) is 0 Å². The molecule has 5 fully saturated rings. The summed E-state index contributed by atoms with van der Waals surface area (Å²) in [6.45, 7) is 3.64. The molecule has 5 aliphatic rings. The first-order valence-corrected chi connectivity index (χ1v) is 13.6. The number of urea groups is 1. The second-order valence-electron chi connectivity index (χ2n) is 11.0. The Hall–Kier alpha value is -2.24. The fraction of sp³-hybridized carbons (Fsp3) is 0.636. The summed E-state index contributed by atoms with van der Waals surface area (Å²) in [5, 5.41) is 4.65. The van der Waals surface area contributed by atoms with Gasteiger partial charge in [-0.25, -0.2) is 27.9 Å². The van der Waals surface area contributed by atoms with Gasteiger partial charge < -0.3 is 9.80 Å². The number of carbonyl (C=O) groups is 1. The number of halogens is 1. The van der Waals surface area contributed by atoms with Crippen molar-refractivity contribution in [3.05, 3.63) is 35.6 Å². The molecule has 0 N–H and O–H groups in total. The molecule has 2 aliphatic carbocycles. The number of likely N-dealkylation sites (tertiary alicyclic amines) is 2. The van der Waals surface area contributed by atoms with Crippen molar-refractivity contribution in [2.24, 2.45) is 10.8 Å². The van der Waals surface area contributed by atoms with Gasteiger partial charge in [0.1, 0.15) is 16.4 Å². The van der Waals surface area contributed by atoms with E-state index in [9.17, 15) is 13.2 Å². The van der Waals surface area contributed by atoms with Gasteiger partial charge >= 0.3 is 6.03 Å². The highest BCUT2D eigenvalue weighted by molar-refractivity contribution is 7.89. The lowest BCUT2D eigenvalue weighted by Crippen LogP contribution is -2.76. The summed E-state index contributed by atoms with van der Waals surface area (Å²) in [7, 11) is -3.65. The second kappa shape index (κ2) is 6.92. The van der Waals surface area contributed by atoms with Gasteiger partial charge in [-0.15, -0.1) is 0 Å². The highest BCUT2D eigenvalue weighted by atomic mass is 35.5. The largest absolute Gasteiger partial charge is 0.323 e. The molecule has 2 spiro atoms. The van der Waals surface area contributed by atoms with Gasteiger partial charge in [0, 0.05) is 62.2 Å². The zero-order valence-corrected chi connectivity index (χ0v) is 20.2. The minimum atomic E-state index is -3.65. The zero-order chi connectivity index (χ0) is 23.3. The van der Waals surface area contributed by atoms with Gasteiger partial charge in [0.25, 0.3) is 0 Å². The highest BCUT2D eigenvalue weighted by Gasteiger charge is 2.60. The number of rotatable bonds is 4. The summed E-state index contributed by atoms with van der Waals surface area (Å²) in [6.07, 6.45) is 7.87. The average Bonchev–Trinajstić information content (AvgIpc) is 3.42. The van der Waals surface area contributed by atoms with E-state index >= 15 is 0 Å². The topological polar surface area (TPSA) is 105 Å². The van der Waals surface area contributed by atoms with Crippen LogP contribution in [0.3, 0.4) is 0 Å². The molecule has 0 bridgehead atoms. The molecule has 5 heterocycles. The standard InChI is InChI=1S/C22H26ClN7O3S/c23-18-17(2-1-5-24-18)34(32,33)29-12-22(13-29)10-28(11-22)20(31)27-8-21(9-27)6-16(7-21)30-14-25-19(26-30)15-3-4-15/h1-2,5,14-16H,3-4,6-13H2. The minimum Gasteiger partial charge on any atom is -0.323 e. The summed E-state index contributed by atoms with van der Waals surface area (Å²) >= 11 is 5.99. The molecule has 3 saturated heterocycles. The van der Waals surface area contributed by atoms with Crippen LogP contribution in [-0.2, 0) is 10.0 Å². The fourth-order valence-corrected chi connectivity index (χ4v) is 8.24. The number of aromatic nitrogens is 4. The van der Waals surface area contributed by atoms with E-state index in [-0.39, 0.29) is 26.9 Å². The van der Waals surface area contributed by atoms with Crippen LogP contribution < -0.4 is 0 Å². The van der Waals surface area contributed by atoms with Gasteiger partial charge in [-0.1, -0.05) is 11.6 Å². The molecular formula is C22H26ClN7O3S. The Bertz CT molecular complexity index is 1260. The molecule has 0 unspecified atom stereocenters. The summed E-state index contributed by atoms with van der Waals surface area (Å²) < 4.78 is 29.1. The van der Waals surface area contributed by atoms with Crippen LogP contribution in [0.25, 0.3) is 0 Å². The molecule has 34 heavy (non-hydrogen) atoms. The molecule has 0 aromatic carbocycles. The molecule has 2 aromatic heterocycles. The summed E-state index contributed by atoms with van der Waals surface area (Å²) in [5.41, 5.74) is 0.104. The van der Waals surface area contributed by atoms with Crippen LogP contribution in [0.1, 0.15) is 43.5 Å².